The number of nitrogens with one attached hydrogen (secondary N) is 1. The van der Waals surface area contributed by atoms with Crippen molar-refractivity contribution in [1.82, 2.24) is 5.32 Å². The van der Waals surface area contributed by atoms with Gasteiger partial charge in [0.1, 0.15) is 0 Å². The van der Waals surface area contributed by atoms with Crippen LogP contribution in [0, 0.1) is 13.8 Å². The second-order valence-electron chi connectivity index (χ2n) is 6.06. The highest BCUT2D eigenvalue weighted by Gasteiger charge is 2.38. The zero-order chi connectivity index (χ0) is 13.8. The highest BCUT2D eigenvalue weighted by molar-refractivity contribution is 7.92. The molecule has 0 aromatic heterocycles. The smallest absolute Gasteiger partial charge is 0.181 e. The predicted molar refractivity (Wildman–Crippen MR) is 76.1 cm³/mol. The van der Waals surface area contributed by atoms with Crippen LogP contribution in [0.4, 0.5) is 0 Å². The first kappa shape index (κ1) is 13.1. The Labute approximate surface area is 115 Å². The third-order valence-electron chi connectivity index (χ3n) is 4.42. The summed E-state index contributed by atoms with van der Waals surface area (Å²) in [6.07, 6.45) is 3.13. The maximum Gasteiger partial charge on any atom is 0.181 e. The fraction of sp³-hybridized carbons (Fsp3) is 0.600. The molecule has 1 saturated carbocycles. The van der Waals surface area contributed by atoms with E-state index in [1.807, 2.05) is 19.9 Å². The van der Waals surface area contributed by atoms with E-state index in [9.17, 15) is 8.42 Å². The van der Waals surface area contributed by atoms with E-state index in [0.717, 1.165) is 11.1 Å². The van der Waals surface area contributed by atoms with E-state index in [2.05, 4.69) is 18.3 Å². The number of fused-ring (bicyclic) bond motifs is 1. The van der Waals surface area contributed by atoms with Crippen LogP contribution >= 0.6 is 0 Å². The average molecular weight is 279 g/mol. The standard InChI is InChI=1S/C15H21NO2S/c1-9-6-13-14(16-12-4-5-12)8-11(3)19(17,18)15(13)7-10(9)2/h6-7,11-12,14,16H,4-5,8H2,1-3H3. The van der Waals surface area contributed by atoms with E-state index >= 15 is 0 Å². The molecule has 0 radical (unpaired) electrons. The highest BCUT2D eigenvalue weighted by atomic mass is 32.2. The van der Waals surface area contributed by atoms with Gasteiger partial charge in [-0.05, 0) is 62.8 Å². The van der Waals surface area contributed by atoms with Crippen molar-refractivity contribution in [1.29, 1.82) is 0 Å². The molecule has 4 heteroatoms. The fourth-order valence-electron chi connectivity index (χ4n) is 2.83. The Morgan fingerprint density at radius 3 is 2.42 bits per heavy atom. The molecule has 2 aliphatic rings. The Morgan fingerprint density at radius 2 is 1.79 bits per heavy atom. The van der Waals surface area contributed by atoms with Crippen LogP contribution < -0.4 is 5.32 Å². The Morgan fingerprint density at radius 1 is 1.16 bits per heavy atom. The van der Waals surface area contributed by atoms with Gasteiger partial charge in [-0.2, -0.15) is 0 Å². The number of benzene rings is 1. The van der Waals surface area contributed by atoms with Crippen molar-refractivity contribution in [3.05, 3.63) is 28.8 Å². The number of hydrogen-bond acceptors (Lipinski definition) is 3. The zero-order valence-electron chi connectivity index (χ0n) is 11.7. The summed E-state index contributed by atoms with van der Waals surface area (Å²) in [5.74, 6) is 0. The van der Waals surface area contributed by atoms with Crippen molar-refractivity contribution < 1.29 is 8.42 Å². The first-order valence-electron chi connectivity index (χ1n) is 7.00. The minimum atomic E-state index is -3.15. The lowest BCUT2D eigenvalue weighted by atomic mass is 9.97. The van der Waals surface area contributed by atoms with Crippen molar-refractivity contribution in [2.45, 2.75) is 62.3 Å². The molecule has 1 aromatic carbocycles. The third kappa shape index (κ3) is 2.21. The first-order valence-corrected chi connectivity index (χ1v) is 8.55. The van der Waals surface area contributed by atoms with Gasteiger partial charge >= 0.3 is 0 Å². The molecule has 0 amide bonds. The molecule has 0 spiro atoms. The highest BCUT2D eigenvalue weighted by Crippen LogP contribution is 2.39. The molecule has 0 saturated heterocycles. The van der Waals surface area contributed by atoms with Crippen molar-refractivity contribution >= 4 is 9.84 Å². The molecule has 104 valence electrons. The minimum Gasteiger partial charge on any atom is -0.307 e. The largest absolute Gasteiger partial charge is 0.307 e. The number of sulfone groups is 1. The van der Waals surface area contributed by atoms with Crippen LogP contribution in [0.5, 0.6) is 0 Å². The summed E-state index contributed by atoms with van der Waals surface area (Å²) in [4.78, 5) is 0.549. The van der Waals surface area contributed by atoms with Crippen LogP contribution in [-0.2, 0) is 9.84 Å². The van der Waals surface area contributed by atoms with Crippen LogP contribution in [0.3, 0.4) is 0 Å². The van der Waals surface area contributed by atoms with Crippen LogP contribution in [-0.4, -0.2) is 19.7 Å². The van der Waals surface area contributed by atoms with Crippen LogP contribution in [0.2, 0.25) is 0 Å². The fourth-order valence-corrected chi connectivity index (χ4v) is 4.58. The Hall–Kier alpha value is -0.870. The lowest BCUT2D eigenvalue weighted by Gasteiger charge is -2.31. The minimum absolute atomic E-state index is 0.195. The molecular weight excluding hydrogens is 258 g/mol. The number of aryl methyl sites for hydroxylation is 2. The Kier molecular flexibility index (Phi) is 2.98. The van der Waals surface area contributed by atoms with E-state index in [1.54, 1.807) is 0 Å². The molecule has 3 rings (SSSR count). The summed E-state index contributed by atoms with van der Waals surface area (Å²) in [5.41, 5.74) is 3.21. The molecule has 1 aromatic rings. The van der Waals surface area contributed by atoms with E-state index in [0.29, 0.717) is 17.4 Å². The maximum atomic E-state index is 12.5. The number of rotatable bonds is 2. The van der Waals surface area contributed by atoms with Crippen molar-refractivity contribution in [3.8, 4) is 0 Å². The Bertz CT molecular complexity index is 617. The monoisotopic (exact) mass is 279 g/mol. The van der Waals surface area contributed by atoms with Gasteiger partial charge in [-0.3, -0.25) is 0 Å². The second kappa shape index (κ2) is 4.32. The first-order chi connectivity index (χ1) is 8.89. The van der Waals surface area contributed by atoms with E-state index in [-0.39, 0.29) is 11.3 Å². The van der Waals surface area contributed by atoms with Crippen LogP contribution in [0.25, 0.3) is 0 Å². The van der Waals surface area contributed by atoms with E-state index in [4.69, 9.17) is 0 Å². The SMILES string of the molecule is Cc1cc2c(cc1C)S(=O)(=O)C(C)CC2NC1CC1. The Balaban J connectivity index is 2.12. The summed E-state index contributed by atoms with van der Waals surface area (Å²) >= 11 is 0. The lowest BCUT2D eigenvalue weighted by molar-refractivity contribution is 0.460. The molecule has 0 bridgehead atoms. The van der Waals surface area contributed by atoms with Gasteiger partial charge in [0.15, 0.2) is 9.84 Å². The summed E-state index contributed by atoms with van der Waals surface area (Å²) in [5, 5.41) is 3.31. The zero-order valence-corrected chi connectivity index (χ0v) is 12.5. The summed E-state index contributed by atoms with van der Waals surface area (Å²) in [7, 11) is -3.15. The van der Waals surface area contributed by atoms with Gasteiger partial charge in [-0.15, -0.1) is 0 Å². The summed E-state index contributed by atoms with van der Waals surface area (Å²) in [6.45, 7) is 5.86. The molecule has 19 heavy (non-hydrogen) atoms. The van der Waals surface area contributed by atoms with E-state index < -0.39 is 9.84 Å². The average Bonchev–Trinajstić information content (AvgIpc) is 3.13. The molecule has 1 aliphatic carbocycles. The van der Waals surface area contributed by atoms with Gasteiger partial charge in [0.05, 0.1) is 10.1 Å². The van der Waals surface area contributed by atoms with Crippen molar-refractivity contribution in [2.24, 2.45) is 0 Å². The maximum absolute atomic E-state index is 12.5. The number of hydrogen-bond donors (Lipinski definition) is 1. The van der Waals surface area contributed by atoms with Crippen LogP contribution in [0.1, 0.15) is 48.9 Å². The molecular formula is C15H21NO2S. The molecule has 3 nitrogen and oxygen atoms in total. The summed E-state index contributed by atoms with van der Waals surface area (Å²) in [6, 6.07) is 4.71. The normalized spacial score (nSPS) is 29.0. The van der Waals surface area contributed by atoms with Gasteiger partial charge in [0.2, 0.25) is 0 Å². The van der Waals surface area contributed by atoms with Crippen molar-refractivity contribution in [3.63, 3.8) is 0 Å². The van der Waals surface area contributed by atoms with Crippen molar-refractivity contribution in [2.75, 3.05) is 0 Å². The van der Waals surface area contributed by atoms with Gasteiger partial charge in [-0.1, -0.05) is 6.07 Å². The molecule has 1 fully saturated rings. The summed E-state index contributed by atoms with van der Waals surface area (Å²) < 4.78 is 25.0. The molecule has 2 unspecified atom stereocenters. The lowest BCUT2D eigenvalue weighted by Crippen LogP contribution is -2.35. The molecule has 1 heterocycles. The van der Waals surface area contributed by atoms with Gasteiger partial charge in [-0.25, -0.2) is 8.42 Å². The van der Waals surface area contributed by atoms with Gasteiger partial charge < -0.3 is 5.32 Å². The quantitative estimate of drug-likeness (QED) is 0.905. The van der Waals surface area contributed by atoms with Crippen LogP contribution in [0.15, 0.2) is 17.0 Å². The van der Waals surface area contributed by atoms with Gasteiger partial charge in [0, 0.05) is 12.1 Å². The topological polar surface area (TPSA) is 46.2 Å². The third-order valence-corrected chi connectivity index (χ3v) is 6.64. The second-order valence-corrected chi connectivity index (χ2v) is 8.39. The van der Waals surface area contributed by atoms with Gasteiger partial charge in [0.25, 0.3) is 0 Å². The van der Waals surface area contributed by atoms with E-state index in [1.165, 1.54) is 18.4 Å². The molecule has 2 atom stereocenters. The molecule has 1 aliphatic heterocycles. The molecule has 1 N–H and O–H groups in total. The predicted octanol–water partition coefficient (Wildman–Crippen LogP) is 2.66.